The van der Waals surface area contributed by atoms with E-state index < -0.39 is 0 Å². The third-order valence-electron chi connectivity index (χ3n) is 5.97. The highest BCUT2D eigenvalue weighted by atomic mass is 35.5. The van der Waals surface area contributed by atoms with Crippen LogP contribution in [0.4, 0.5) is 0 Å². The smallest absolute Gasteiger partial charge is 0.256 e. The average molecular weight is 443 g/mol. The summed E-state index contributed by atoms with van der Waals surface area (Å²) < 4.78 is 7.14. The van der Waals surface area contributed by atoms with Gasteiger partial charge in [-0.05, 0) is 31.0 Å². The fraction of sp³-hybridized carbons (Fsp3) is 0.435. The molecule has 3 aromatic rings. The van der Waals surface area contributed by atoms with Crippen molar-refractivity contribution >= 4 is 23.2 Å². The number of carbonyl (C=O) groups excluding carboxylic acids is 1. The van der Waals surface area contributed by atoms with Crippen LogP contribution in [0.1, 0.15) is 39.3 Å². The molecule has 31 heavy (non-hydrogen) atoms. The third-order valence-corrected chi connectivity index (χ3v) is 6.34. The molecule has 0 atom stereocenters. The number of morpholine rings is 1. The van der Waals surface area contributed by atoms with Crippen molar-refractivity contribution < 1.29 is 14.4 Å². The van der Waals surface area contributed by atoms with E-state index in [4.69, 9.17) is 21.3 Å². The number of hydrogen-bond acceptors (Lipinski definition) is 4. The van der Waals surface area contributed by atoms with Gasteiger partial charge in [-0.2, -0.15) is 5.10 Å². The van der Waals surface area contributed by atoms with E-state index in [2.05, 4.69) is 10.4 Å². The fourth-order valence-corrected chi connectivity index (χ4v) is 4.31. The molecule has 164 valence electrons. The number of amides is 1. The maximum absolute atomic E-state index is 12.8. The minimum atomic E-state index is -0.128. The molecule has 0 saturated carbocycles. The van der Waals surface area contributed by atoms with E-state index in [0.717, 1.165) is 66.8 Å². The molecule has 1 aliphatic heterocycles. The Bertz CT molecular complexity index is 1080. The zero-order valence-corrected chi connectivity index (χ0v) is 18.8. The molecule has 1 amide bonds. The van der Waals surface area contributed by atoms with E-state index in [9.17, 15) is 4.79 Å². The lowest BCUT2D eigenvalue weighted by atomic mass is 10.0. The van der Waals surface area contributed by atoms with Gasteiger partial charge in [0.25, 0.3) is 5.91 Å². The summed E-state index contributed by atoms with van der Waals surface area (Å²) in [5, 5.41) is 8.21. The van der Waals surface area contributed by atoms with Crippen LogP contribution in [0.25, 0.3) is 5.65 Å². The first-order valence-corrected chi connectivity index (χ1v) is 11.2. The molecule has 0 radical (unpaired) electrons. The van der Waals surface area contributed by atoms with Crippen molar-refractivity contribution in [3.05, 3.63) is 63.6 Å². The second kappa shape index (κ2) is 9.77. The van der Waals surface area contributed by atoms with Crippen molar-refractivity contribution in [2.45, 2.75) is 26.7 Å². The van der Waals surface area contributed by atoms with Crippen LogP contribution in [0.3, 0.4) is 0 Å². The predicted octanol–water partition coefficient (Wildman–Crippen LogP) is 1.63. The number of nitrogens with zero attached hydrogens (tertiary/aromatic N) is 3. The van der Waals surface area contributed by atoms with Gasteiger partial charge in [-0.1, -0.05) is 29.8 Å². The predicted molar refractivity (Wildman–Crippen MR) is 120 cm³/mol. The molecule has 1 saturated heterocycles. The number of fused-ring (bicyclic) bond motifs is 1. The van der Waals surface area contributed by atoms with Crippen molar-refractivity contribution in [1.29, 1.82) is 0 Å². The van der Waals surface area contributed by atoms with E-state index in [-0.39, 0.29) is 5.91 Å². The molecule has 2 N–H and O–H groups in total. The third kappa shape index (κ3) is 4.89. The second-order valence-corrected chi connectivity index (χ2v) is 8.45. The van der Waals surface area contributed by atoms with Crippen LogP contribution in [-0.4, -0.2) is 59.9 Å². The quantitative estimate of drug-likeness (QED) is 0.545. The Labute approximate surface area is 187 Å². The Morgan fingerprint density at radius 2 is 2.03 bits per heavy atom. The summed E-state index contributed by atoms with van der Waals surface area (Å²) in [5.74, 6) is -0.128. The number of ether oxygens (including phenoxy) is 1. The minimum Gasteiger partial charge on any atom is -0.370 e. The number of aryl methyl sites for hydroxylation is 2. The first-order chi connectivity index (χ1) is 15.0. The highest BCUT2D eigenvalue weighted by Gasteiger charge is 2.19. The zero-order chi connectivity index (χ0) is 21.8. The number of carbonyl (C=O) groups is 1. The molecule has 4 rings (SSSR count). The van der Waals surface area contributed by atoms with Crippen LogP contribution in [-0.2, 0) is 11.2 Å². The molecule has 1 aliphatic rings. The summed E-state index contributed by atoms with van der Waals surface area (Å²) in [6, 6.07) is 7.82. The number of aromatic nitrogens is 3. The van der Waals surface area contributed by atoms with Crippen molar-refractivity contribution in [1.82, 2.24) is 19.9 Å². The second-order valence-electron chi connectivity index (χ2n) is 8.04. The zero-order valence-electron chi connectivity index (χ0n) is 18.1. The lowest BCUT2D eigenvalue weighted by Crippen LogP contribution is -3.14. The number of halogens is 1. The Kier molecular flexibility index (Phi) is 6.85. The fourth-order valence-electron chi connectivity index (χ4n) is 4.10. The summed E-state index contributed by atoms with van der Waals surface area (Å²) in [7, 11) is 0. The van der Waals surface area contributed by atoms with Gasteiger partial charge >= 0.3 is 0 Å². The van der Waals surface area contributed by atoms with Gasteiger partial charge in [0.05, 0.1) is 26.0 Å². The van der Waals surface area contributed by atoms with Crippen LogP contribution in [0.5, 0.6) is 0 Å². The molecule has 2 aromatic heterocycles. The summed E-state index contributed by atoms with van der Waals surface area (Å²) in [6.07, 6.45) is 3.22. The molecule has 7 nitrogen and oxygen atoms in total. The number of nitrogens with one attached hydrogen (secondary N) is 2. The summed E-state index contributed by atoms with van der Waals surface area (Å²) in [5.41, 5.74) is 5.07. The summed E-state index contributed by atoms with van der Waals surface area (Å²) >= 11 is 6.35. The molecule has 1 aromatic carbocycles. The van der Waals surface area contributed by atoms with Crippen LogP contribution in [0, 0.1) is 13.8 Å². The monoisotopic (exact) mass is 442 g/mol. The van der Waals surface area contributed by atoms with Gasteiger partial charge in [0.2, 0.25) is 0 Å². The first-order valence-electron chi connectivity index (χ1n) is 10.8. The van der Waals surface area contributed by atoms with Crippen molar-refractivity contribution in [2.24, 2.45) is 0 Å². The van der Waals surface area contributed by atoms with Crippen molar-refractivity contribution in [3.63, 3.8) is 0 Å². The Morgan fingerprint density at radius 3 is 2.81 bits per heavy atom. The maximum atomic E-state index is 12.8. The average Bonchev–Trinajstić information content (AvgIpc) is 3.20. The van der Waals surface area contributed by atoms with Crippen LogP contribution < -0.4 is 10.2 Å². The summed E-state index contributed by atoms with van der Waals surface area (Å²) in [6.45, 7) is 9.40. The molecule has 8 heteroatoms. The normalized spacial score (nSPS) is 14.8. The van der Waals surface area contributed by atoms with Gasteiger partial charge in [0.1, 0.15) is 18.7 Å². The van der Waals surface area contributed by atoms with E-state index in [1.54, 1.807) is 10.7 Å². The van der Waals surface area contributed by atoms with E-state index in [1.165, 1.54) is 4.90 Å². The SMILES string of the molecule is Cc1nc2c(C(=O)NCCC[NH+]3CCOCC3)cnn2c(C)c1Cc1ccccc1Cl. The number of quaternary nitrogens is 1. The van der Waals surface area contributed by atoms with Crippen LogP contribution >= 0.6 is 11.6 Å². The van der Waals surface area contributed by atoms with Gasteiger partial charge in [0, 0.05) is 35.8 Å². The van der Waals surface area contributed by atoms with Gasteiger partial charge in [-0.3, -0.25) is 4.79 Å². The van der Waals surface area contributed by atoms with Gasteiger partial charge in [0.15, 0.2) is 5.65 Å². The number of benzene rings is 1. The number of hydrogen-bond donors (Lipinski definition) is 2. The largest absolute Gasteiger partial charge is 0.370 e. The minimum absolute atomic E-state index is 0.128. The summed E-state index contributed by atoms with van der Waals surface area (Å²) in [4.78, 5) is 19.0. The van der Waals surface area contributed by atoms with Crippen LogP contribution in [0.15, 0.2) is 30.5 Å². The molecule has 3 heterocycles. The van der Waals surface area contributed by atoms with Crippen LogP contribution in [0.2, 0.25) is 5.02 Å². The Morgan fingerprint density at radius 1 is 1.26 bits per heavy atom. The number of rotatable bonds is 7. The lowest BCUT2D eigenvalue weighted by Gasteiger charge is -2.23. The highest BCUT2D eigenvalue weighted by Crippen LogP contribution is 2.24. The molecule has 0 bridgehead atoms. The molecular weight excluding hydrogens is 414 g/mol. The van der Waals surface area contributed by atoms with E-state index >= 15 is 0 Å². The highest BCUT2D eigenvalue weighted by molar-refractivity contribution is 6.31. The van der Waals surface area contributed by atoms with E-state index in [1.807, 2.05) is 38.1 Å². The van der Waals surface area contributed by atoms with E-state index in [0.29, 0.717) is 24.2 Å². The first kappa shape index (κ1) is 21.7. The van der Waals surface area contributed by atoms with Gasteiger partial charge in [-0.25, -0.2) is 9.50 Å². The van der Waals surface area contributed by atoms with Crippen molar-refractivity contribution in [3.8, 4) is 0 Å². The lowest BCUT2D eigenvalue weighted by molar-refractivity contribution is -0.908. The molecule has 0 aliphatic carbocycles. The topological polar surface area (TPSA) is 73.0 Å². The Hall–Kier alpha value is -2.48. The Balaban J connectivity index is 1.45. The standard InChI is InChI=1S/C23H28ClN5O2/c1-16-19(14-18-6-3-4-7-21(18)24)17(2)29-22(27-16)20(15-26-29)23(30)25-8-5-9-28-10-12-31-13-11-28/h3-4,6-7,15H,5,8-14H2,1-2H3,(H,25,30)/p+1. The molecule has 0 spiro atoms. The van der Waals surface area contributed by atoms with Crippen molar-refractivity contribution in [2.75, 3.05) is 39.4 Å². The van der Waals surface area contributed by atoms with Gasteiger partial charge < -0.3 is 15.0 Å². The molecular formula is C23H29ClN5O2+. The van der Waals surface area contributed by atoms with Gasteiger partial charge in [-0.15, -0.1) is 0 Å². The molecule has 1 fully saturated rings. The molecule has 0 unspecified atom stereocenters. The maximum Gasteiger partial charge on any atom is 0.256 e.